The van der Waals surface area contributed by atoms with Gasteiger partial charge in [0.15, 0.2) is 0 Å². The van der Waals surface area contributed by atoms with Crippen molar-refractivity contribution >= 4 is 15.9 Å². The number of carbonyl (C=O) groups excluding carboxylic acids is 1. The SMILES string of the molecule is O=C(CCc1nc(-c2ccc(S(=O)(=O)N3CCCC3)cc2)no1)N[C@@H]1CCCc2ccccc21. The molecule has 1 aromatic heterocycles. The molecular formula is C25H28N4O4S. The Kier molecular flexibility index (Phi) is 6.47. The molecule has 2 aliphatic rings. The molecule has 0 saturated carbocycles. The number of rotatable bonds is 7. The number of nitrogens with zero attached hydrogens (tertiary/aromatic N) is 3. The second-order valence-electron chi connectivity index (χ2n) is 8.86. The monoisotopic (exact) mass is 480 g/mol. The summed E-state index contributed by atoms with van der Waals surface area (Å²) in [6, 6.07) is 14.8. The quantitative estimate of drug-likeness (QED) is 0.553. The molecule has 0 unspecified atom stereocenters. The van der Waals surface area contributed by atoms with E-state index in [4.69, 9.17) is 4.52 Å². The van der Waals surface area contributed by atoms with Gasteiger partial charge in [0.2, 0.25) is 27.6 Å². The molecule has 1 saturated heterocycles. The van der Waals surface area contributed by atoms with Gasteiger partial charge in [-0.15, -0.1) is 0 Å². The molecule has 1 amide bonds. The Morgan fingerprint density at radius 2 is 1.82 bits per heavy atom. The molecule has 1 aliphatic heterocycles. The van der Waals surface area contributed by atoms with Gasteiger partial charge in [0.05, 0.1) is 10.9 Å². The highest BCUT2D eigenvalue weighted by Crippen LogP contribution is 2.29. The first-order chi connectivity index (χ1) is 16.5. The number of hydrogen-bond donors (Lipinski definition) is 1. The first-order valence-corrected chi connectivity index (χ1v) is 13.2. The van der Waals surface area contributed by atoms with Crippen molar-refractivity contribution in [3.8, 4) is 11.4 Å². The molecule has 0 radical (unpaired) electrons. The minimum atomic E-state index is -3.46. The zero-order chi connectivity index (χ0) is 23.5. The van der Waals surface area contributed by atoms with Crippen molar-refractivity contribution in [2.75, 3.05) is 13.1 Å². The fourth-order valence-electron chi connectivity index (χ4n) is 4.72. The highest BCUT2D eigenvalue weighted by Gasteiger charge is 2.27. The van der Waals surface area contributed by atoms with Gasteiger partial charge in [0, 0.05) is 31.5 Å². The van der Waals surface area contributed by atoms with Crippen molar-refractivity contribution in [1.29, 1.82) is 0 Å². The number of fused-ring (bicyclic) bond motifs is 1. The van der Waals surface area contributed by atoms with E-state index in [1.807, 2.05) is 12.1 Å². The van der Waals surface area contributed by atoms with E-state index in [2.05, 4.69) is 27.6 Å². The third kappa shape index (κ3) is 4.76. The number of benzene rings is 2. The van der Waals surface area contributed by atoms with Gasteiger partial charge in [-0.1, -0.05) is 29.4 Å². The minimum absolute atomic E-state index is 0.0436. The number of hydrogen-bond acceptors (Lipinski definition) is 6. The number of amides is 1. The number of nitrogens with one attached hydrogen (secondary N) is 1. The predicted octanol–water partition coefficient (Wildman–Crippen LogP) is 3.65. The lowest BCUT2D eigenvalue weighted by atomic mass is 9.87. The maximum absolute atomic E-state index is 12.7. The lowest BCUT2D eigenvalue weighted by molar-refractivity contribution is -0.122. The Morgan fingerprint density at radius 3 is 2.62 bits per heavy atom. The van der Waals surface area contributed by atoms with E-state index in [0.717, 1.165) is 32.1 Å². The summed E-state index contributed by atoms with van der Waals surface area (Å²) in [5.74, 6) is 0.711. The van der Waals surface area contributed by atoms with Crippen LogP contribution in [0.4, 0.5) is 0 Å². The second kappa shape index (κ2) is 9.68. The lowest BCUT2D eigenvalue weighted by Gasteiger charge is -2.26. The molecule has 5 rings (SSSR count). The smallest absolute Gasteiger partial charge is 0.243 e. The maximum Gasteiger partial charge on any atom is 0.243 e. The average Bonchev–Trinajstić information content (AvgIpc) is 3.56. The number of aryl methyl sites for hydroxylation is 2. The summed E-state index contributed by atoms with van der Waals surface area (Å²) in [4.78, 5) is 17.2. The van der Waals surface area contributed by atoms with Crippen LogP contribution in [0.1, 0.15) is 55.2 Å². The summed E-state index contributed by atoms with van der Waals surface area (Å²) < 4.78 is 32.2. The van der Waals surface area contributed by atoms with Crippen LogP contribution in [0, 0.1) is 0 Å². The normalized spacial score (nSPS) is 18.5. The van der Waals surface area contributed by atoms with Crippen LogP contribution in [0.3, 0.4) is 0 Å². The van der Waals surface area contributed by atoms with Gasteiger partial charge in [-0.3, -0.25) is 4.79 Å². The molecule has 8 nitrogen and oxygen atoms in total. The molecule has 34 heavy (non-hydrogen) atoms. The van der Waals surface area contributed by atoms with E-state index in [0.29, 0.717) is 36.8 Å². The number of aromatic nitrogens is 2. The Bertz CT molecular complexity index is 1260. The molecule has 2 heterocycles. The molecule has 3 aromatic rings. The Hall–Kier alpha value is -3.04. The fraction of sp³-hybridized carbons (Fsp3) is 0.400. The maximum atomic E-state index is 12.7. The number of carbonyl (C=O) groups is 1. The molecule has 1 atom stereocenters. The van der Waals surface area contributed by atoms with Crippen molar-refractivity contribution in [2.24, 2.45) is 0 Å². The first-order valence-electron chi connectivity index (χ1n) is 11.8. The van der Waals surface area contributed by atoms with Gasteiger partial charge in [-0.2, -0.15) is 9.29 Å². The minimum Gasteiger partial charge on any atom is -0.349 e. The van der Waals surface area contributed by atoms with E-state index in [1.165, 1.54) is 15.4 Å². The van der Waals surface area contributed by atoms with Crippen LogP contribution in [0.2, 0.25) is 0 Å². The molecule has 0 bridgehead atoms. The van der Waals surface area contributed by atoms with Crippen LogP contribution >= 0.6 is 0 Å². The molecular weight excluding hydrogens is 452 g/mol. The second-order valence-corrected chi connectivity index (χ2v) is 10.8. The summed E-state index contributed by atoms with van der Waals surface area (Å²) in [6.07, 6.45) is 5.45. The molecule has 0 spiro atoms. The van der Waals surface area contributed by atoms with Gasteiger partial charge in [0.1, 0.15) is 0 Å². The standard InChI is InChI=1S/C25H28N4O4S/c30-23(26-22-9-5-7-18-6-1-2-8-21(18)22)14-15-24-27-25(28-33-24)19-10-12-20(13-11-19)34(31,32)29-16-3-4-17-29/h1-2,6,8,10-13,22H,3-5,7,9,14-17H2,(H,26,30)/t22-/m1/s1. The first kappa shape index (κ1) is 22.7. The summed E-state index contributed by atoms with van der Waals surface area (Å²) >= 11 is 0. The van der Waals surface area contributed by atoms with Crippen molar-refractivity contribution in [1.82, 2.24) is 19.8 Å². The summed E-state index contributed by atoms with van der Waals surface area (Å²) in [5.41, 5.74) is 3.18. The highest BCUT2D eigenvalue weighted by atomic mass is 32.2. The van der Waals surface area contributed by atoms with Crippen LogP contribution in [-0.4, -0.2) is 41.9 Å². The van der Waals surface area contributed by atoms with Crippen molar-refractivity contribution in [2.45, 2.75) is 55.9 Å². The Morgan fingerprint density at radius 1 is 1.06 bits per heavy atom. The molecule has 1 aliphatic carbocycles. The van der Waals surface area contributed by atoms with Crippen LogP contribution in [0.15, 0.2) is 57.9 Å². The zero-order valence-electron chi connectivity index (χ0n) is 18.9. The topological polar surface area (TPSA) is 105 Å². The summed E-state index contributed by atoms with van der Waals surface area (Å²) in [5, 5.41) is 7.14. The fourth-order valence-corrected chi connectivity index (χ4v) is 6.24. The van der Waals surface area contributed by atoms with Crippen molar-refractivity contribution in [3.63, 3.8) is 0 Å². The van der Waals surface area contributed by atoms with Gasteiger partial charge >= 0.3 is 0 Å². The molecule has 1 N–H and O–H groups in total. The van der Waals surface area contributed by atoms with Gasteiger partial charge in [0.25, 0.3) is 0 Å². The van der Waals surface area contributed by atoms with Crippen LogP contribution in [0.5, 0.6) is 0 Å². The van der Waals surface area contributed by atoms with Crippen LogP contribution in [0.25, 0.3) is 11.4 Å². The summed E-state index contributed by atoms with van der Waals surface area (Å²) in [6.45, 7) is 1.14. The summed E-state index contributed by atoms with van der Waals surface area (Å²) in [7, 11) is -3.46. The van der Waals surface area contributed by atoms with E-state index in [9.17, 15) is 13.2 Å². The lowest BCUT2D eigenvalue weighted by Crippen LogP contribution is -2.31. The third-order valence-corrected chi connectivity index (χ3v) is 8.47. The molecule has 2 aromatic carbocycles. The molecule has 9 heteroatoms. The molecule has 1 fully saturated rings. The zero-order valence-corrected chi connectivity index (χ0v) is 19.8. The Labute approximate surface area is 199 Å². The van der Waals surface area contributed by atoms with Crippen molar-refractivity contribution < 1.29 is 17.7 Å². The van der Waals surface area contributed by atoms with E-state index < -0.39 is 10.0 Å². The number of sulfonamides is 1. The molecule has 178 valence electrons. The largest absolute Gasteiger partial charge is 0.349 e. The van der Waals surface area contributed by atoms with E-state index in [1.54, 1.807) is 24.3 Å². The third-order valence-electron chi connectivity index (χ3n) is 6.55. The predicted molar refractivity (Wildman–Crippen MR) is 126 cm³/mol. The van der Waals surface area contributed by atoms with Crippen LogP contribution < -0.4 is 5.32 Å². The Balaban J connectivity index is 1.18. The van der Waals surface area contributed by atoms with Crippen molar-refractivity contribution in [3.05, 3.63) is 65.5 Å². The highest BCUT2D eigenvalue weighted by molar-refractivity contribution is 7.89. The van der Waals surface area contributed by atoms with Crippen LogP contribution in [-0.2, 0) is 27.7 Å². The van der Waals surface area contributed by atoms with E-state index >= 15 is 0 Å². The van der Waals surface area contributed by atoms with E-state index in [-0.39, 0.29) is 23.3 Å². The van der Waals surface area contributed by atoms with Gasteiger partial charge < -0.3 is 9.84 Å². The van der Waals surface area contributed by atoms with Gasteiger partial charge in [-0.05, 0) is 67.5 Å². The average molecular weight is 481 g/mol. The van der Waals surface area contributed by atoms with Gasteiger partial charge in [-0.25, -0.2) is 8.42 Å².